The van der Waals surface area contributed by atoms with E-state index in [0.717, 1.165) is 31.9 Å². The second-order valence-corrected chi connectivity index (χ2v) is 7.66. The lowest BCUT2D eigenvalue weighted by Gasteiger charge is -2.35. The number of likely N-dealkylation sites (N-methyl/N-ethyl adjacent to an activating group) is 1. The highest BCUT2D eigenvalue weighted by Gasteiger charge is 2.20. The minimum Gasteiger partial charge on any atom is -0.491 e. The van der Waals surface area contributed by atoms with Crippen LogP contribution >= 0.6 is 0 Å². The number of nitrogens with zero attached hydrogens (tertiary/aromatic N) is 2. The molecule has 0 spiro atoms. The van der Waals surface area contributed by atoms with Gasteiger partial charge in [0.25, 0.3) is 5.91 Å². The summed E-state index contributed by atoms with van der Waals surface area (Å²) in [5.41, 5.74) is 2.39. The molecule has 0 unspecified atom stereocenters. The van der Waals surface area contributed by atoms with Crippen molar-refractivity contribution < 1.29 is 19.1 Å². The van der Waals surface area contributed by atoms with Gasteiger partial charge in [-0.05, 0) is 63.4 Å². The molecule has 0 aromatic heterocycles. The van der Waals surface area contributed by atoms with E-state index in [1.807, 2.05) is 19.9 Å². The molecule has 30 heavy (non-hydrogen) atoms. The molecule has 1 heterocycles. The summed E-state index contributed by atoms with van der Waals surface area (Å²) < 4.78 is 10.5. The topological polar surface area (TPSA) is 71.1 Å². The van der Waals surface area contributed by atoms with Gasteiger partial charge in [0.1, 0.15) is 5.75 Å². The zero-order chi connectivity index (χ0) is 21.7. The van der Waals surface area contributed by atoms with Crippen molar-refractivity contribution >= 4 is 23.3 Å². The van der Waals surface area contributed by atoms with Gasteiger partial charge in [0.05, 0.1) is 30.2 Å². The van der Waals surface area contributed by atoms with Crippen LogP contribution in [-0.4, -0.2) is 63.2 Å². The van der Waals surface area contributed by atoms with Crippen LogP contribution < -0.4 is 15.0 Å². The quantitative estimate of drug-likeness (QED) is 0.736. The van der Waals surface area contributed by atoms with Crippen LogP contribution in [0, 0.1) is 0 Å². The van der Waals surface area contributed by atoms with Crippen molar-refractivity contribution in [2.45, 2.75) is 20.0 Å². The van der Waals surface area contributed by atoms with Gasteiger partial charge in [-0.15, -0.1) is 0 Å². The minimum atomic E-state index is -0.439. The van der Waals surface area contributed by atoms with Crippen molar-refractivity contribution in [3.05, 3.63) is 53.6 Å². The lowest BCUT2D eigenvalue weighted by molar-refractivity contribution is 0.0600. The monoisotopic (exact) mass is 411 g/mol. The Morgan fingerprint density at radius 3 is 2.20 bits per heavy atom. The molecule has 1 amide bonds. The first kappa shape index (κ1) is 21.6. The van der Waals surface area contributed by atoms with Crippen molar-refractivity contribution in [3.8, 4) is 5.75 Å². The molecule has 3 rings (SSSR count). The maximum absolute atomic E-state index is 12.9. The molecule has 7 nitrogen and oxygen atoms in total. The molecule has 2 aromatic rings. The predicted octanol–water partition coefficient (Wildman–Crippen LogP) is 3.26. The van der Waals surface area contributed by atoms with Crippen molar-refractivity contribution in [3.63, 3.8) is 0 Å². The van der Waals surface area contributed by atoms with E-state index in [1.54, 1.807) is 36.4 Å². The summed E-state index contributed by atoms with van der Waals surface area (Å²) in [5.74, 6) is 0.0291. The number of carbonyl (C=O) groups is 2. The van der Waals surface area contributed by atoms with Crippen LogP contribution in [0.1, 0.15) is 34.6 Å². The number of piperazine rings is 1. The molecule has 2 aromatic carbocycles. The molecule has 0 saturated carbocycles. The molecule has 1 fully saturated rings. The van der Waals surface area contributed by atoms with Crippen molar-refractivity contribution in [1.82, 2.24) is 4.90 Å². The van der Waals surface area contributed by atoms with E-state index in [2.05, 4.69) is 22.2 Å². The smallest absolute Gasteiger partial charge is 0.337 e. The number of amides is 1. The average Bonchev–Trinajstić information content (AvgIpc) is 2.74. The number of carbonyl (C=O) groups excluding carboxylic acids is 2. The third kappa shape index (κ3) is 5.30. The normalized spacial score (nSPS) is 14.5. The van der Waals surface area contributed by atoms with Crippen molar-refractivity contribution in [2.24, 2.45) is 0 Å². The average molecular weight is 412 g/mol. The van der Waals surface area contributed by atoms with E-state index in [-0.39, 0.29) is 12.0 Å². The molecule has 1 saturated heterocycles. The molecule has 1 aliphatic heterocycles. The van der Waals surface area contributed by atoms with E-state index in [9.17, 15) is 9.59 Å². The van der Waals surface area contributed by atoms with Gasteiger partial charge in [-0.1, -0.05) is 0 Å². The van der Waals surface area contributed by atoms with Gasteiger partial charge >= 0.3 is 5.97 Å². The van der Waals surface area contributed by atoms with Crippen LogP contribution in [0.3, 0.4) is 0 Å². The van der Waals surface area contributed by atoms with Gasteiger partial charge in [0.15, 0.2) is 0 Å². The van der Waals surface area contributed by atoms with Crippen LogP contribution in [0.2, 0.25) is 0 Å². The van der Waals surface area contributed by atoms with Gasteiger partial charge in [0, 0.05) is 31.7 Å². The Hall–Kier alpha value is -3.06. The van der Waals surface area contributed by atoms with Gasteiger partial charge in [-0.3, -0.25) is 4.79 Å². The maximum Gasteiger partial charge on any atom is 0.337 e. The van der Waals surface area contributed by atoms with E-state index >= 15 is 0 Å². The van der Waals surface area contributed by atoms with Crippen LogP contribution in [-0.2, 0) is 4.74 Å². The Morgan fingerprint density at radius 1 is 0.967 bits per heavy atom. The molecule has 1 aliphatic rings. The van der Waals surface area contributed by atoms with Crippen LogP contribution in [0.25, 0.3) is 0 Å². The Bertz CT molecular complexity index is 888. The summed E-state index contributed by atoms with van der Waals surface area (Å²) in [5, 5.41) is 2.97. The number of methoxy groups -OCH3 is 1. The molecular weight excluding hydrogens is 382 g/mol. The summed E-state index contributed by atoms with van der Waals surface area (Å²) in [6.45, 7) is 7.47. The van der Waals surface area contributed by atoms with Gasteiger partial charge in [0.2, 0.25) is 0 Å². The number of hydrogen-bond acceptors (Lipinski definition) is 6. The second kappa shape index (κ2) is 9.63. The molecule has 0 atom stereocenters. The molecule has 160 valence electrons. The third-order valence-electron chi connectivity index (χ3n) is 5.00. The molecule has 0 aliphatic carbocycles. The Kier molecular flexibility index (Phi) is 6.95. The van der Waals surface area contributed by atoms with Crippen LogP contribution in [0.5, 0.6) is 5.75 Å². The Morgan fingerprint density at radius 2 is 1.60 bits per heavy atom. The Labute approximate surface area is 177 Å². The molecule has 0 bridgehead atoms. The van der Waals surface area contributed by atoms with Crippen molar-refractivity contribution in [2.75, 3.05) is 50.6 Å². The fraction of sp³-hybridized carbons (Fsp3) is 0.391. The summed E-state index contributed by atoms with van der Waals surface area (Å²) in [7, 11) is 3.43. The number of ether oxygens (including phenoxy) is 2. The molecular formula is C23H29N3O4. The standard InChI is InChI=1S/C23H29N3O4/c1-16(2)30-19-8-5-17(6-9-19)22(27)24-20-15-18(23(28)29-4)7-10-21(20)26-13-11-25(3)12-14-26/h5-10,15-16H,11-14H2,1-4H3,(H,24,27). The van der Waals surface area contributed by atoms with E-state index in [0.29, 0.717) is 22.6 Å². The molecule has 1 N–H and O–H groups in total. The molecule has 0 radical (unpaired) electrons. The number of esters is 1. The number of hydrogen-bond donors (Lipinski definition) is 1. The van der Waals surface area contributed by atoms with E-state index in [4.69, 9.17) is 9.47 Å². The van der Waals surface area contributed by atoms with Crippen molar-refractivity contribution in [1.29, 1.82) is 0 Å². The number of anilines is 2. The minimum absolute atomic E-state index is 0.0666. The van der Waals surface area contributed by atoms with Crippen LogP contribution in [0.15, 0.2) is 42.5 Å². The lowest BCUT2D eigenvalue weighted by atomic mass is 10.1. The number of benzene rings is 2. The summed E-state index contributed by atoms with van der Waals surface area (Å²) in [4.78, 5) is 29.4. The van der Waals surface area contributed by atoms with E-state index in [1.165, 1.54) is 7.11 Å². The first-order valence-corrected chi connectivity index (χ1v) is 10.1. The predicted molar refractivity (Wildman–Crippen MR) is 118 cm³/mol. The Balaban J connectivity index is 1.84. The van der Waals surface area contributed by atoms with Gasteiger partial charge < -0.3 is 24.6 Å². The van der Waals surface area contributed by atoms with E-state index < -0.39 is 5.97 Å². The zero-order valence-electron chi connectivity index (χ0n) is 18.0. The fourth-order valence-electron chi connectivity index (χ4n) is 3.36. The van der Waals surface area contributed by atoms with Crippen LogP contribution in [0.4, 0.5) is 11.4 Å². The highest BCUT2D eigenvalue weighted by Crippen LogP contribution is 2.29. The number of rotatable bonds is 6. The largest absolute Gasteiger partial charge is 0.491 e. The first-order chi connectivity index (χ1) is 14.4. The highest BCUT2D eigenvalue weighted by atomic mass is 16.5. The van der Waals surface area contributed by atoms with Gasteiger partial charge in [-0.2, -0.15) is 0 Å². The summed E-state index contributed by atoms with van der Waals surface area (Å²) in [6.07, 6.45) is 0.0666. The zero-order valence-corrected chi connectivity index (χ0v) is 18.0. The summed E-state index contributed by atoms with van der Waals surface area (Å²) in [6, 6.07) is 12.3. The number of nitrogens with one attached hydrogen (secondary N) is 1. The summed E-state index contributed by atoms with van der Waals surface area (Å²) >= 11 is 0. The maximum atomic E-state index is 12.9. The molecule has 7 heteroatoms. The van der Waals surface area contributed by atoms with Gasteiger partial charge in [-0.25, -0.2) is 4.79 Å². The fourth-order valence-corrected chi connectivity index (χ4v) is 3.36. The lowest BCUT2D eigenvalue weighted by Crippen LogP contribution is -2.44. The first-order valence-electron chi connectivity index (χ1n) is 10.1. The third-order valence-corrected chi connectivity index (χ3v) is 5.00. The SMILES string of the molecule is COC(=O)c1ccc(N2CCN(C)CC2)c(NC(=O)c2ccc(OC(C)C)cc2)c1. The second-order valence-electron chi connectivity index (χ2n) is 7.66. The highest BCUT2D eigenvalue weighted by molar-refractivity contribution is 6.07.